The maximum Gasteiger partial charge on any atom is 0.251 e. The Morgan fingerprint density at radius 1 is 1.23 bits per heavy atom. The van der Waals surface area contributed by atoms with Crippen molar-refractivity contribution in [1.29, 1.82) is 0 Å². The molecular formula is C22H23FN4O3. The van der Waals surface area contributed by atoms with Crippen LogP contribution in [-0.2, 0) is 11.3 Å². The average Bonchev–Trinajstić information content (AvgIpc) is 2.76. The van der Waals surface area contributed by atoms with Crippen LogP contribution in [0.4, 0.5) is 10.3 Å². The molecule has 30 heavy (non-hydrogen) atoms. The second-order valence-corrected chi connectivity index (χ2v) is 7.27. The SMILES string of the molecule is O=c1cc(-c2ccnc(NC3CCOCC3)n2)ccn1C[C@@H](O)c1cccc(F)c1. The third-order valence-electron chi connectivity index (χ3n) is 5.11. The topological polar surface area (TPSA) is 89.3 Å². The van der Waals surface area contributed by atoms with E-state index in [4.69, 9.17) is 4.74 Å². The van der Waals surface area contributed by atoms with Crippen LogP contribution in [0, 0.1) is 5.82 Å². The Hall–Kier alpha value is -3.10. The fourth-order valence-electron chi connectivity index (χ4n) is 3.44. The normalized spacial score (nSPS) is 15.7. The number of halogens is 1. The van der Waals surface area contributed by atoms with Gasteiger partial charge in [0.25, 0.3) is 5.56 Å². The van der Waals surface area contributed by atoms with Gasteiger partial charge in [0.05, 0.1) is 18.3 Å². The summed E-state index contributed by atoms with van der Waals surface area (Å²) in [5, 5.41) is 13.7. The van der Waals surface area contributed by atoms with Crippen molar-refractivity contribution >= 4 is 5.95 Å². The molecule has 2 N–H and O–H groups in total. The number of rotatable bonds is 6. The highest BCUT2D eigenvalue weighted by molar-refractivity contribution is 5.59. The summed E-state index contributed by atoms with van der Waals surface area (Å²) in [5.74, 6) is 0.0910. The molecule has 0 unspecified atom stereocenters. The molecule has 3 heterocycles. The maximum atomic E-state index is 13.4. The number of benzene rings is 1. The molecule has 0 bridgehead atoms. The molecule has 0 saturated carbocycles. The number of hydrogen-bond acceptors (Lipinski definition) is 6. The molecule has 0 radical (unpaired) electrons. The summed E-state index contributed by atoms with van der Waals surface area (Å²) in [6.07, 6.45) is 4.07. The van der Waals surface area contributed by atoms with Gasteiger partial charge in [-0.25, -0.2) is 14.4 Å². The predicted octanol–water partition coefficient (Wildman–Crippen LogP) is 2.77. The lowest BCUT2D eigenvalue weighted by Crippen LogP contribution is -2.28. The first-order valence-electron chi connectivity index (χ1n) is 9.90. The smallest absolute Gasteiger partial charge is 0.251 e. The Morgan fingerprint density at radius 3 is 2.83 bits per heavy atom. The second kappa shape index (κ2) is 9.15. The van der Waals surface area contributed by atoms with Crippen molar-refractivity contribution in [3.8, 4) is 11.3 Å². The molecule has 1 saturated heterocycles. The summed E-state index contributed by atoms with van der Waals surface area (Å²) in [5.41, 5.74) is 1.44. The fraction of sp³-hybridized carbons (Fsp3) is 0.318. The maximum absolute atomic E-state index is 13.4. The van der Waals surface area contributed by atoms with E-state index in [1.807, 2.05) is 0 Å². The van der Waals surface area contributed by atoms with Crippen LogP contribution in [0.15, 0.2) is 59.7 Å². The molecule has 1 fully saturated rings. The zero-order valence-corrected chi connectivity index (χ0v) is 16.4. The van der Waals surface area contributed by atoms with E-state index in [0.29, 0.717) is 22.8 Å². The zero-order valence-electron chi connectivity index (χ0n) is 16.4. The molecule has 0 aliphatic carbocycles. The van der Waals surface area contributed by atoms with Crippen molar-refractivity contribution < 1.29 is 14.2 Å². The summed E-state index contributed by atoms with van der Waals surface area (Å²) in [4.78, 5) is 21.3. The lowest BCUT2D eigenvalue weighted by atomic mass is 10.1. The third-order valence-corrected chi connectivity index (χ3v) is 5.11. The van der Waals surface area contributed by atoms with Crippen LogP contribution in [0.25, 0.3) is 11.3 Å². The average molecular weight is 410 g/mol. The number of aliphatic hydroxyl groups is 1. The lowest BCUT2D eigenvalue weighted by Gasteiger charge is -2.23. The molecule has 3 aromatic rings. The fourth-order valence-corrected chi connectivity index (χ4v) is 3.44. The molecule has 0 spiro atoms. The van der Waals surface area contributed by atoms with Gasteiger partial charge < -0.3 is 19.7 Å². The van der Waals surface area contributed by atoms with Gasteiger partial charge in [0.15, 0.2) is 0 Å². The minimum absolute atomic E-state index is 0.0307. The highest BCUT2D eigenvalue weighted by Gasteiger charge is 2.15. The van der Waals surface area contributed by atoms with Crippen LogP contribution in [0.2, 0.25) is 0 Å². The molecular weight excluding hydrogens is 387 g/mol. The molecule has 156 valence electrons. The van der Waals surface area contributed by atoms with E-state index in [-0.39, 0.29) is 18.1 Å². The number of pyridine rings is 1. The van der Waals surface area contributed by atoms with E-state index in [1.165, 1.54) is 28.8 Å². The van der Waals surface area contributed by atoms with Crippen LogP contribution in [0.5, 0.6) is 0 Å². The van der Waals surface area contributed by atoms with Gasteiger partial charge in [-0.2, -0.15) is 0 Å². The number of anilines is 1. The van der Waals surface area contributed by atoms with Crippen molar-refractivity contribution in [2.45, 2.75) is 31.5 Å². The quantitative estimate of drug-likeness (QED) is 0.650. The number of nitrogens with one attached hydrogen (secondary N) is 1. The van der Waals surface area contributed by atoms with Gasteiger partial charge in [0, 0.05) is 43.3 Å². The summed E-state index contributed by atoms with van der Waals surface area (Å²) in [6, 6.07) is 11.0. The summed E-state index contributed by atoms with van der Waals surface area (Å²) >= 11 is 0. The monoisotopic (exact) mass is 410 g/mol. The molecule has 1 aliphatic rings. The molecule has 1 aliphatic heterocycles. The first kappa shape index (κ1) is 20.2. The van der Waals surface area contributed by atoms with Crippen LogP contribution < -0.4 is 10.9 Å². The van der Waals surface area contributed by atoms with E-state index in [2.05, 4.69) is 15.3 Å². The first-order chi connectivity index (χ1) is 14.6. The van der Waals surface area contributed by atoms with Gasteiger partial charge >= 0.3 is 0 Å². The standard InChI is InChI=1S/C22H23FN4O3/c23-17-3-1-2-16(12-17)20(28)14-27-9-5-15(13-21(27)29)19-4-8-24-22(26-19)25-18-6-10-30-11-7-18/h1-5,8-9,12-13,18,20,28H,6-7,10-11,14H2,(H,24,25,26)/t20-/m1/s1. The summed E-state index contributed by atoms with van der Waals surface area (Å²) < 4.78 is 20.1. The number of nitrogens with zero attached hydrogens (tertiary/aromatic N) is 3. The number of ether oxygens (including phenoxy) is 1. The van der Waals surface area contributed by atoms with Gasteiger partial charge in [-0.15, -0.1) is 0 Å². The van der Waals surface area contributed by atoms with Gasteiger partial charge in [0.2, 0.25) is 5.95 Å². The molecule has 0 amide bonds. The Labute approximate surface area is 173 Å². The highest BCUT2D eigenvalue weighted by atomic mass is 19.1. The lowest BCUT2D eigenvalue weighted by molar-refractivity contribution is 0.0903. The van der Waals surface area contributed by atoms with E-state index >= 15 is 0 Å². The van der Waals surface area contributed by atoms with Gasteiger partial charge in [-0.3, -0.25) is 4.79 Å². The van der Waals surface area contributed by atoms with Crippen molar-refractivity contribution in [3.05, 3.63) is 76.6 Å². The minimum Gasteiger partial charge on any atom is -0.387 e. The van der Waals surface area contributed by atoms with Crippen molar-refractivity contribution in [2.75, 3.05) is 18.5 Å². The number of hydrogen-bond donors (Lipinski definition) is 2. The number of aromatic nitrogens is 3. The zero-order chi connectivity index (χ0) is 20.9. The van der Waals surface area contributed by atoms with E-state index in [1.54, 1.807) is 30.6 Å². The van der Waals surface area contributed by atoms with Crippen LogP contribution >= 0.6 is 0 Å². The van der Waals surface area contributed by atoms with E-state index in [9.17, 15) is 14.3 Å². The van der Waals surface area contributed by atoms with E-state index in [0.717, 1.165) is 26.1 Å². The highest BCUT2D eigenvalue weighted by Crippen LogP contribution is 2.19. The van der Waals surface area contributed by atoms with Crippen molar-refractivity contribution in [1.82, 2.24) is 14.5 Å². The minimum atomic E-state index is -0.987. The van der Waals surface area contributed by atoms with E-state index < -0.39 is 11.9 Å². The largest absolute Gasteiger partial charge is 0.387 e. The predicted molar refractivity (Wildman–Crippen MR) is 111 cm³/mol. The molecule has 7 nitrogen and oxygen atoms in total. The third kappa shape index (κ3) is 4.90. The molecule has 1 atom stereocenters. The molecule has 4 rings (SSSR count). The Kier molecular flexibility index (Phi) is 6.15. The van der Waals surface area contributed by atoms with Crippen molar-refractivity contribution in [2.24, 2.45) is 0 Å². The van der Waals surface area contributed by atoms with Gasteiger partial charge in [-0.1, -0.05) is 12.1 Å². The summed E-state index contributed by atoms with van der Waals surface area (Å²) in [7, 11) is 0. The van der Waals surface area contributed by atoms with Crippen molar-refractivity contribution in [3.63, 3.8) is 0 Å². The van der Waals surface area contributed by atoms with Crippen LogP contribution in [-0.4, -0.2) is 38.9 Å². The van der Waals surface area contributed by atoms with Gasteiger partial charge in [0.1, 0.15) is 5.82 Å². The van der Waals surface area contributed by atoms with Crippen LogP contribution in [0.3, 0.4) is 0 Å². The Balaban J connectivity index is 1.49. The number of aliphatic hydroxyl groups excluding tert-OH is 1. The van der Waals surface area contributed by atoms with Gasteiger partial charge in [-0.05, 0) is 42.7 Å². The molecule has 1 aromatic carbocycles. The first-order valence-corrected chi connectivity index (χ1v) is 9.90. The van der Waals surface area contributed by atoms with Crippen LogP contribution in [0.1, 0.15) is 24.5 Å². The molecule has 2 aromatic heterocycles. The Bertz CT molecular complexity index is 1070. The summed E-state index contributed by atoms with van der Waals surface area (Å²) in [6.45, 7) is 1.47. The Morgan fingerprint density at radius 2 is 2.07 bits per heavy atom. The second-order valence-electron chi connectivity index (χ2n) is 7.27. The molecule has 8 heteroatoms.